The third-order valence-electron chi connectivity index (χ3n) is 3.41. The van der Waals surface area contributed by atoms with E-state index in [4.69, 9.17) is 5.84 Å². The third-order valence-corrected chi connectivity index (χ3v) is 3.41. The Bertz CT molecular complexity index is 588. The molecule has 106 valence electrons. The number of rotatable bonds is 5. The molecule has 2 aromatic rings. The summed E-state index contributed by atoms with van der Waals surface area (Å²) in [7, 11) is 0. The fraction of sp³-hybridized carbons (Fsp3) is 0.545. The second-order valence-electron chi connectivity index (χ2n) is 5.39. The lowest BCUT2D eigenvalue weighted by molar-refractivity contribution is 0.489. The second kappa shape index (κ2) is 4.67. The van der Waals surface area contributed by atoms with Crippen molar-refractivity contribution in [1.29, 1.82) is 0 Å². The average molecular weight is 275 g/mol. The Kier molecular flexibility index (Phi) is 2.97. The van der Waals surface area contributed by atoms with Crippen molar-refractivity contribution in [3.05, 3.63) is 12.7 Å². The Labute approximate surface area is 116 Å². The largest absolute Gasteiger partial charge is 0.349 e. The van der Waals surface area contributed by atoms with E-state index in [-0.39, 0.29) is 11.5 Å². The molecule has 1 saturated carbocycles. The lowest BCUT2D eigenvalue weighted by Gasteiger charge is -2.26. The molecule has 0 radical (unpaired) electrons. The molecule has 0 saturated heterocycles. The van der Waals surface area contributed by atoms with Gasteiger partial charge in [-0.15, -0.1) is 0 Å². The summed E-state index contributed by atoms with van der Waals surface area (Å²) in [6, 6.07) is 0. The van der Waals surface area contributed by atoms with Crippen molar-refractivity contribution in [3.63, 3.8) is 0 Å². The van der Waals surface area contributed by atoms with Crippen molar-refractivity contribution < 1.29 is 0 Å². The summed E-state index contributed by atoms with van der Waals surface area (Å²) in [5.41, 5.74) is 2.37. The third kappa shape index (κ3) is 2.52. The van der Waals surface area contributed by atoms with Crippen LogP contribution in [0.2, 0.25) is 0 Å². The van der Waals surface area contributed by atoms with Gasteiger partial charge in [-0.3, -0.25) is 5.43 Å². The summed E-state index contributed by atoms with van der Waals surface area (Å²) < 4.78 is 1.46. The summed E-state index contributed by atoms with van der Waals surface area (Å²) in [6.07, 6.45) is 5.39. The molecule has 1 aliphatic rings. The fourth-order valence-electron chi connectivity index (χ4n) is 2.09. The van der Waals surface area contributed by atoms with Crippen molar-refractivity contribution in [1.82, 2.24) is 29.7 Å². The van der Waals surface area contributed by atoms with Crippen LogP contribution in [-0.2, 0) is 0 Å². The number of anilines is 2. The maximum atomic E-state index is 5.40. The highest BCUT2D eigenvalue weighted by molar-refractivity contribution is 5.39. The number of nitrogen functional groups attached to an aromatic ring is 1. The lowest BCUT2D eigenvalue weighted by atomic mass is 9.99. The number of hydrogen-bond acceptors (Lipinski definition) is 8. The predicted octanol–water partition coefficient (Wildman–Crippen LogP) is 0.338. The molecule has 4 N–H and O–H groups in total. The molecule has 0 aliphatic heterocycles. The van der Waals surface area contributed by atoms with E-state index in [0.717, 1.165) is 0 Å². The maximum absolute atomic E-state index is 5.40. The van der Waals surface area contributed by atoms with Crippen LogP contribution in [0, 0.1) is 5.92 Å². The van der Waals surface area contributed by atoms with E-state index in [9.17, 15) is 0 Å². The molecule has 3 rings (SSSR count). The van der Waals surface area contributed by atoms with E-state index in [1.54, 1.807) is 0 Å². The first-order valence-electron chi connectivity index (χ1n) is 6.44. The van der Waals surface area contributed by atoms with Gasteiger partial charge >= 0.3 is 0 Å². The molecule has 20 heavy (non-hydrogen) atoms. The van der Waals surface area contributed by atoms with E-state index in [0.29, 0.717) is 17.8 Å². The van der Waals surface area contributed by atoms with Crippen LogP contribution in [0.5, 0.6) is 0 Å². The van der Waals surface area contributed by atoms with Crippen molar-refractivity contribution in [2.45, 2.75) is 32.2 Å². The monoisotopic (exact) mass is 275 g/mol. The van der Waals surface area contributed by atoms with Gasteiger partial charge in [-0.25, -0.2) is 10.8 Å². The van der Waals surface area contributed by atoms with Gasteiger partial charge in [0.25, 0.3) is 5.95 Å². The van der Waals surface area contributed by atoms with Gasteiger partial charge in [0.05, 0.1) is 0 Å². The molecule has 0 aromatic carbocycles. The zero-order valence-corrected chi connectivity index (χ0v) is 11.4. The van der Waals surface area contributed by atoms with Crippen LogP contribution in [0.25, 0.3) is 5.95 Å². The Balaban J connectivity index is 1.92. The highest BCUT2D eigenvalue weighted by Gasteiger charge is 2.38. The normalized spacial score (nSPS) is 15.2. The van der Waals surface area contributed by atoms with Crippen LogP contribution < -0.4 is 16.6 Å². The van der Waals surface area contributed by atoms with Crippen LogP contribution >= 0.6 is 0 Å². The van der Waals surface area contributed by atoms with Gasteiger partial charge in [-0.2, -0.15) is 24.7 Å². The maximum Gasteiger partial charge on any atom is 0.258 e. The predicted molar refractivity (Wildman–Crippen MR) is 73.0 cm³/mol. The van der Waals surface area contributed by atoms with E-state index < -0.39 is 0 Å². The molecule has 0 bridgehead atoms. The second-order valence-corrected chi connectivity index (χ2v) is 5.39. The molecule has 1 fully saturated rings. The summed E-state index contributed by atoms with van der Waals surface area (Å²) in [5, 5.41) is 7.34. The molecule has 9 nitrogen and oxygen atoms in total. The molecular weight excluding hydrogens is 258 g/mol. The van der Waals surface area contributed by atoms with Crippen molar-refractivity contribution in [2.75, 3.05) is 10.7 Å². The number of nitrogens with zero attached hydrogens (tertiary/aromatic N) is 6. The van der Waals surface area contributed by atoms with E-state index in [1.807, 2.05) is 0 Å². The fourth-order valence-corrected chi connectivity index (χ4v) is 2.09. The topological polar surface area (TPSA) is 119 Å². The van der Waals surface area contributed by atoms with Gasteiger partial charge in [0.2, 0.25) is 11.9 Å². The van der Waals surface area contributed by atoms with Gasteiger partial charge in [-0.05, 0) is 32.6 Å². The standard InChI is InChI=1S/C11H17N9/c1-11(2,7-3-4-7)18-8-15-9(19-12)17-10(16-8)20-6-13-5-14-20/h5-7H,3-4,12H2,1-2H3,(H2,15,16,17,18,19). The first kappa shape index (κ1) is 12.7. The first-order valence-corrected chi connectivity index (χ1v) is 6.44. The summed E-state index contributed by atoms with van der Waals surface area (Å²) in [4.78, 5) is 16.6. The molecule has 2 heterocycles. The van der Waals surface area contributed by atoms with Crippen LogP contribution in [0.3, 0.4) is 0 Å². The smallest absolute Gasteiger partial charge is 0.258 e. The van der Waals surface area contributed by atoms with Gasteiger partial charge in [0.15, 0.2) is 0 Å². The zero-order valence-electron chi connectivity index (χ0n) is 11.4. The number of hydrogen-bond donors (Lipinski definition) is 3. The van der Waals surface area contributed by atoms with Crippen LogP contribution in [-0.4, -0.2) is 35.3 Å². The molecule has 0 unspecified atom stereocenters. The van der Waals surface area contributed by atoms with Crippen molar-refractivity contribution in [3.8, 4) is 5.95 Å². The summed E-state index contributed by atoms with van der Waals surface area (Å²) in [6.45, 7) is 4.28. The van der Waals surface area contributed by atoms with Gasteiger partial charge in [-0.1, -0.05) is 0 Å². The SMILES string of the molecule is CC(C)(Nc1nc(NN)nc(-n2cncn2)n1)C1CC1. The molecular formula is C11H17N9. The van der Waals surface area contributed by atoms with Crippen molar-refractivity contribution in [2.24, 2.45) is 11.8 Å². The highest BCUT2D eigenvalue weighted by atomic mass is 15.4. The Hall–Kier alpha value is -2.29. The summed E-state index contributed by atoms with van der Waals surface area (Å²) in [5.74, 6) is 7.15. The number of aromatic nitrogens is 6. The average Bonchev–Trinajstić information content (AvgIpc) is 3.15. The highest BCUT2D eigenvalue weighted by Crippen LogP contribution is 2.40. The molecule has 1 aliphatic carbocycles. The zero-order chi connectivity index (χ0) is 14.2. The van der Waals surface area contributed by atoms with Crippen LogP contribution in [0.4, 0.5) is 11.9 Å². The first-order chi connectivity index (χ1) is 9.58. The molecule has 9 heteroatoms. The Morgan fingerprint density at radius 2 is 2.00 bits per heavy atom. The molecule has 0 atom stereocenters. The van der Waals surface area contributed by atoms with Crippen LogP contribution in [0.1, 0.15) is 26.7 Å². The quantitative estimate of drug-likeness (QED) is 0.528. The van der Waals surface area contributed by atoms with Crippen LogP contribution in [0.15, 0.2) is 12.7 Å². The Morgan fingerprint density at radius 1 is 1.25 bits per heavy atom. The molecule has 2 aromatic heterocycles. The minimum Gasteiger partial charge on any atom is -0.349 e. The minimum absolute atomic E-state index is 0.0626. The van der Waals surface area contributed by atoms with E-state index >= 15 is 0 Å². The minimum atomic E-state index is -0.0626. The molecule has 0 amide bonds. The van der Waals surface area contributed by atoms with E-state index in [2.05, 4.69) is 49.6 Å². The van der Waals surface area contributed by atoms with Crippen molar-refractivity contribution >= 4 is 11.9 Å². The van der Waals surface area contributed by atoms with Gasteiger partial charge in [0, 0.05) is 5.54 Å². The molecule has 0 spiro atoms. The van der Waals surface area contributed by atoms with E-state index in [1.165, 1.54) is 30.2 Å². The number of hydrazine groups is 1. The number of nitrogens with two attached hydrogens (primary N) is 1. The number of nitrogens with one attached hydrogen (secondary N) is 2. The summed E-state index contributed by atoms with van der Waals surface area (Å²) >= 11 is 0. The lowest BCUT2D eigenvalue weighted by Crippen LogP contribution is -2.34. The van der Waals surface area contributed by atoms with Gasteiger partial charge < -0.3 is 5.32 Å². The Morgan fingerprint density at radius 3 is 2.60 bits per heavy atom. The van der Waals surface area contributed by atoms with Gasteiger partial charge in [0.1, 0.15) is 12.7 Å².